The molecule has 1 aromatic carbocycles. The molecule has 0 unspecified atom stereocenters. The molecule has 18 heavy (non-hydrogen) atoms. The second-order valence-corrected chi connectivity index (χ2v) is 4.58. The van der Waals surface area contributed by atoms with Crippen molar-refractivity contribution in [2.24, 2.45) is 4.99 Å². The van der Waals surface area contributed by atoms with Gasteiger partial charge in [-0.25, -0.2) is 4.79 Å². The SMILES string of the molecule is COc1c(C)ccc(C2(N=C=O)CCC2)c1OC. The molecule has 1 saturated carbocycles. The smallest absolute Gasteiger partial charge is 0.235 e. The third kappa shape index (κ3) is 1.79. The lowest BCUT2D eigenvalue weighted by molar-refractivity contribution is 0.242. The molecule has 1 fully saturated rings. The molecule has 0 bridgehead atoms. The molecule has 4 nitrogen and oxygen atoms in total. The van der Waals surface area contributed by atoms with E-state index in [9.17, 15) is 4.79 Å². The van der Waals surface area contributed by atoms with E-state index in [-0.39, 0.29) is 0 Å². The molecule has 0 saturated heterocycles. The van der Waals surface area contributed by atoms with E-state index in [1.54, 1.807) is 20.3 Å². The van der Waals surface area contributed by atoms with Crippen LogP contribution in [-0.2, 0) is 10.3 Å². The van der Waals surface area contributed by atoms with Gasteiger partial charge >= 0.3 is 0 Å². The molecule has 0 heterocycles. The van der Waals surface area contributed by atoms with Crippen molar-refractivity contribution in [1.29, 1.82) is 0 Å². The molecule has 2 rings (SSSR count). The summed E-state index contributed by atoms with van der Waals surface area (Å²) in [4.78, 5) is 14.6. The highest BCUT2D eigenvalue weighted by atomic mass is 16.5. The second-order valence-electron chi connectivity index (χ2n) is 4.58. The fourth-order valence-electron chi connectivity index (χ4n) is 2.52. The van der Waals surface area contributed by atoms with Gasteiger partial charge < -0.3 is 9.47 Å². The molecular formula is C14H17NO3. The number of carbonyl (C=O) groups excluding carboxylic acids is 1. The summed E-state index contributed by atoms with van der Waals surface area (Å²) in [6.45, 7) is 1.96. The third-order valence-corrected chi connectivity index (χ3v) is 3.66. The fourth-order valence-corrected chi connectivity index (χ4v) is 2.52. The highest BCUT2D eigenvalue weighted by molar-refractivity contribution is 5.55. The summed E-state index contributed by atoms with van der Waals surface area (Å²) in [5.41, 5.74) is 1.46. The Morgan fingerprint density at radius 3 is 2.33 bits per heavy atom. The lowest BCUT2D eigenvalue weighted by atomic mass is 9.72. The standard InChI is InChI=1S/C14H17NO3/c1-10-5-6-11(13(18-3)12(10)17-2)14(15-9-16)7-4-8-14/h5-6H,4,7-8H2,1-3H3. The summed E-state index contributed by atoms with van der Waals surface area (Å²) < 4.78 is 10.8. The molecule has 0 N–H and O–H groups in total. The average Bonchev–Trinajstić information content (AvgIpc) is 2.33. The maximum absolute atomic E-state index is 10.6. The number of hydrogen-bond acceptors (Lipinski definition) is 4. The predicted molar refractivity (Wildman–Crippen MR) is 67.9 cm³/mol. The van der Waals surface area contributed by atoms with Crippen molar-refractivity contribution in [2.75, 3.05) is 14.2 Å². The summed E-state index contributed by atoms with van der Waals surface area (Å²) in [5.74, 6) is 1.39. The minimum atomic E-state index is -0.464. The Hall–Kier alpha value is -1.80. The topological polar surface area (TPSA) is 47.9 Å². The van der Waals surface area contributed by atoms with Crippen molar-refractivity contribution in [3.8, 4) is 11.5 Å². The van der Waals surface area contributed by atoms with Crippen LogP contribution in [0, 0.1) is 6.92 Å². The predicted octanol–water partition coefficient (Wildman–Crippen LogP) is 2.73. The van der Waals surface area contributed by atoms with Crippen molar-refractivity contribution >= 4 is 6.08 Å². The Morgan fingerprint density at radius 1 is 1.22 bits per heavy atom. The van der Waals surface area contributed by atoms with Gasteiger partial charge in [-0.2, -0.15) is 4.99 Å². The Kier molecular flexibility index (Phi) is 3.39. The fraction of sp³-hybridized carbons (Fsp3) is 0.500. The summed E-state index contributed by atoms with van der Waals surface area (Å²) in [6, 6.07) is 3.94. The van der Waals surface area contributed by atoms with E-state index in [2.05, 4.69) is 4.99 Å². The van der Waals surface area contributed by atoms with Crippen LogP contribution in [0.4, 0.5) is 0 Å². The van der Waals surface area contributed by atoms with Crippen molar-refractivity contribution < 1.29 is 14.3 Å². The average molecular weight is 247 g/mol. The molecule has 96 valence electrons. The van der Waals surface area contributed by atoms with E-state index in [0.717, 1.165) is 30.4 Å². The highest BCUT2D eigenvalue weighted by Gasteiger charge is 2.42. The molecule has 0 aliphatic heterocycles. The molecule has 1 aromatic rings. The van der Waals surface area contributed by atoms with Crippen LogP contribution in [0.25, 0.3) is 0 Å². The summed E-state index contributed by atoms with van der Waals surface area (Å²) in [6.07, 6.45) is 4.46. The Morgan fingerprint density at radius 2 is 1.89 bits per heavy atom. The number of aryl methyl sites for hydroxylation is 1. The van der Waals surface area contributed by atoms with Crippen LogP contribution >= 0.6 is 0 Å². The minimum absolute atomic E-state index is 0.464. The molecule has 0 atom stereocenters. The highest BCUT2D eigenvalue weighted by Crippen LogP contribution is 2.50. The maximum atomic E-state index is 10.6. The normalized spacial score (nSPS) is 16.4. The number of rotatable bonds is 4. The van der Waals surface area contributed by atoms with Gasteiger partial charge in [0.1, 0.15) is 5.54 Å². The molecule has 0 radical (unpaired) electrons. The number of aliphatic imine (C=N–C) groups is 1. The number of hydrogen-bond donors (Lipinski definition) is 0. The number of ether oxygens (including phenoxy) is 2. The van der Waals surface area contributed by atoms with Crippen molar-refractivity contribution in [2.45, 2.75) is 31.7 Å². The van der Waals surface area contributed by atoms with Gasteiger partial charge in [-0.05, 0) is 31.7 Å². The molecule has 1 aliphatic rings. The van der Waals surface area contributed by atoms with E-state index < -0.39 is 5.54 Å². The Balaban J connectivity index is 2.60. The van der Waals surface area contributed by atoms with E-state index in [1.807, 2.05) is 19.1 Å². The van der Waals surface area contributed by atoms with Gasteiger partial charge in [0.05, 0.1) is 14.2 Å². The van der Waals surface area contributed by atoms with Gasteiger partial charge in [0.2, 0.25) is 6.08 Å². The van der Waals surface area contributed by atoms with Crippen molar-refractivity contribution in [3.63, 3.8) is 0 Å². The van der Waals surface area contributed by atoms with Gasteiger partial charge in [0.15, 0.2) is 11.5 Å². The van der Waals surface area contributed by atoms with Crippen LogP contribution < -0.4 is 9.47 Å². The molecular weight excluding hydrogens is 230 g/mol. The first-order valence-corrected chi connectivity index (χ1v) is 5.99. The maximum Gasteiger partial charge on any atom is 0.235 e. The monoisotopic (exact) mass is 247 g/mol. The summed E-state index contributed by atoms with van der Waals surface area (Å²) in [5, 5.41) is 0. The van der Waals surface area contributed by atoms with Crippen LogP contribution in [0.15, 0.2) is 17.1 Å². The van der Waals surface area contributed by atoms with Crippen LogP contribution in [-0.4, -0.2) is 20.3 Å². The summed E-state index contributed by atoms with van der Waals surface area (Å²) >= 11 is 0. The number of nitrogens with zero attached hydrogens (tertiary/aromatic N) is 1. The molecule has 4 heteroatoms. The first-order chi connectivity index (χ1) is 8.68. The molecule has 0 amide bonds. The van der Waals surface area contributed by atoms with Gasteiger partial charge in [-0.15, -0.1) is 0 Å². The lowest BCUT2D eigenvalue weighted by Crippen LogP contribution is -2.32. The zero-order valence-corrected chi connectivity index (χ0v) is 10.9. The van der Waals surface area contributed by atoms with Crippen LogP contribution in [0.5, 0.6) is 11.5 Å². The minimum Gasteiger partial charge on any atom is -0.493 e. The molecule has 0 aromatic heterocycles. The molecule has 1 aliphatic carbocycles. The van der Waals surface area contributed by atoms with Crippen LogP contribution in [0.3, 0.4) is 0 Å². The second kappa shape index (κ2) is 4.83. The summed E-state index contributed by atoms with van der Waals surface area (Å²) in [7, 11) is 3.23. The Bertz CT molecular complexity index is 500. The van der Waals surface area contributed by atoms with Gasteiger partial charge in [0.25, 0.3) is 0 Å². The van der Waals surface area contributed by atoms with Crippen LogP contribution in [0.2, 0.25) is 0 Å². The lowest BCUT2D eigenvalue weighted by Gasteiger charge is -2.38. The number of benzene rings is 1. The largest absolute Gasteiger partial charge is 0.493 e. The van der Waals surface area contributed by atoms with Gasteiger partial charge in [-0.3, -0.25) is 0 Å². The van der Waals surface area contributed by atoms with Crippen molar-refractivity contribution in [3.05, 3.63) is 23.3 Å². The van der Waals surface area contributed by atoms with Crippen LogP contribution in [0.1, 0.15) is 30.4 Å². The zero-order chi connectivity index (χ0) is 13.2. The van der Waals surface area contributed by atoms with Gasteiger partial charge in [-0.1, -0.05) is 12.1 Å². The third-order valence-electron chi connectivity index (χ3n) is 3.66. The quantitative estimate of drug-likeness (QED) is 0.607. The van der Waals surface area contributed by atoms with E-state index in [1.165, 1.54) is 0 Å². The van der Waals surface area contributed by atoms with E-state index >= 15 is 0 Å². The van der Waals surface area contributed by atoms with Gasteiger partial charge in [0, 0.05) is 5.56 Å². The zero-order valence-electron chi connectivity index (χ0n) is 10.9. The number of methoxy groups -OCH3 is 2. The number of isocyanates is 1. The van der Waals surface area contributed by atoms with E-state index in [0.29, 0.717) is 11.5 Å². The van der Waals surface area contributed by atoms with E-state index in [4.69, 9.17) is 9.47 Å². The first kappa shape index (κ1) is 12.7. The van der Waals surface area contributed by atoms with Crippen molar-refractivity contribution in [1.82, 2.24) is 0 Å². The first-order valence-electron chi connectivity index (χ1n) is 5.99. The Labute approximate surface area is 107 Å². The molecule has 0 spiro atoms.